The Labute approximate surface area is 208 Å². The van der Waals surface area contributed by atoms with E-state index in [4.69, 9.17) is 4.74 Å². The third-order valence-corrected chi connectivity index (χ3v) is 8.41. The van der Waals surface area contributed by atoms with Gasteiger partial charge in [-0.25, -0.2) is 0 Å². The van der Waals surface area contributed by atoms with Crippen molar-refractivity contribution < 1.29 is 9.53 Å². The Kier molecular flexibility index (Phi) is 7.91. The van der Waals surface area contributed by atoms with Crippen molar-refractivity contribution in [2.45, 2.75) is 57.7 Å². The molecule has 4 rings (SSSR count). The number of nitriles is 1. The number of carbonyl (C=O) groups is 1. The summed E-state index contributed by atoms with van der Waals surface area (Å²) in [6.45, 7) is 4.98. The number of thioether (sulfide) groups is 1. The van der Waals surface area contributed by atoms with Crippen LogP contribution >= 0.6 is 23.1 Å². The molecule has 0 saturated heterocycles. The highest BCUT2D eigenvalue weighted by molar-refractivity contribution is 7.99. The van der Waals surface area contributed by atoms with Gasteiger partial charge in [0.2, 0.25) is 5.91 Å². The smallest absolute Gasteiger partial charge is 0.235 e. The van der Waals surface area contributed by atoms with Crippen molar-refractivity contribution in [1.82, 2.24) is 14.8 Å². The molecule has 0 fully saturated rings. The number of aromatic nitrogens is 3. The molecule has 2 aromatic heterocycles. The second-order valence-electron chi connectivity index (χ2n) is 8.34. The van der Waals surface area contributed by atoms with Crippen LogP contribution in [0.4, 0.5) is 5.00 Å². The fourth-order valence-electron chi connectivity index (χ4n) is 4.30. The molecule has 1 aromatic carbocycles. The van der Waals surface area contributed by atoms with E-state index in [1.165, 1.54) is 16.6 Å². The summed E-state index contributed by atoms with van der Waals surface area (Å²) in [5, 5.41) is 22.8. The lowest BCUT2D eigenvalue weighted by atomic mass is 9.86. The minimum Gasteiger partial charge on any atom is -0.497 e. The van der Waals surface area contributed by atoms with Gasteiger partial charge in [0.25, 0.3) is 0 Å². The predicted octanol–water partition coefficient (Wildman–Crippen LogP) is 5.08. The van der Waals surface area contributed by atoms with Gasteiger partial charge in [0, 0.05) is 17.8 Å². The number of ether oxygens (including phenoxy) is 1. The Balaban J connectivity index is 1.40. The number of methoxy groups -OCH3 is 1. The van der Waals surface area contributed by atoms with Crippen molar-refractivity contribution in [1.29, 1.82) is 5.26 Å². The summed E-state index contributed by atoms with van der Waals surface area (Å²) in [5.74, 6) is 2.43. The molecule has 0 aliphatic heterocycles. The second-order valence-corrected chi connectivity index (χ2v) is 10.4. The number of anilines is 1. The first-order valence-electron chi connectivity index (χ1n) is 11.6. The molecule has 1 atom stereocenters. The first-order chi connectivity index (χ1) is 16.6. The summed E-state index contributed by atoms with van der Waals surface area (Å²) in [6, 6.07) is 10.2. The molecule has 3 aromatic rings. The molecule has 1 amide bonds. The van der Waals surface area contributed by atoms with E-state index in [9.17, 15) is 10.1 Å². The number of rotatable bonds is 9. The fourth-order valence-corrected chi connectivity index (χ4v) is 6.45. The van der Waals surface area contributed by atoms with Crippen molar-refractivity contribution in [3.63, 3.8) is 0 Å². The third-order valence-electron chi connectivity index (χ3n) is 6.27. The zero-order chi connectivity index (χ0) is 24.1. The van der Waals surface area contributed by atoms with E-state index in [1.807, 2.05) is 35.8 Å². The van der Waals surface area contributed by atoms with Gasteiger partial charge in [0.05, 0.1) is 18.4 Å². The number of benzene rings is 1. The highest BCUT2D eigenvalue weighted by Gasteiger charge is 2.26. The zero-order valence-corrected chi connectivity index (χ0v) is 21.4. The minimum absolute atomic E-state index is 0.130. The van der Waals surface area contributed by atoms with Gasteiger partial charge < -0.3 is 14.6 Å². The van der Waals surface area contributed by atoms with E-state index in [0.717, 1.165) is 60.1 Å². The molecule has 34 heavy (non-hydrogen) atoms. The molecule has 0 radical (unpaired) electrons. The summed E-state index contributed by atoms with van der Waals surface area (Å²) < 4.78 is 7.26. The van der Waals surface area contributed by atoms with Crippen LogP contribution < -0.4 is 10.1 Å². The lowest BCUT2D eigenvalue weighted by Crippen LogP contribution is -2.15. The molecule has 9 heteroatoms. The lowest BCUT2D eigenvalue weighted by molar-refractivity contribution is -0.113. The Morgan fingerprint density at radius 3 is 2.79 bits per heavy atom. The van der Waals surface area contributed by atoms with Gasteiger partial charge in [-0.05, 0) is 55.4 Å². The summed E-state index contributed by atoms with van der Waals surface area (Å²) in [7, 11) is 1.65. The van der Waals surface area contributed by atoms with Crippen LogP contribution in [0.25, 0.3) is 0 Å². The van der Waals surface area contributed by atoms with E-state index in [-0.39, 0.29) is 11.7 Å². The van der Waals surface area contributed by atoms with Crippen LogP contribution in [0, 0.1) is 17.2 Å². The maximum absolute atomic E-state index is 12.7. The third kappa shape index (κ3) is 5.29. The van der Waals surface area contributed by atoms with E-state index >= 15 is 0 Å². The summed E-state index contributed by atoms with van der Waals surface area (Å²) in [4.78, 5) is 14.0. The zero-order valence-electron chi connectivity index (χ0n) is 19.8. The molecule has 0 saturated carbocycles. The van der Waals surface area contributed by atoms with E-state index in [2.05, 4.69) is 28.5 Å². The predicted molar refractivity (Wildman–Crippen MR) is 136 cm³/mol. The maximum atomic E-state index is 12.7. The summed E-state index contributed by atoms with van der Waals surface area (Å²) >= 11 is 2.93. The highest BCUT2D eigenvalue weighted by Crippen LogP contribution is 2.40. The van der Waals surface area contributed by atoms with Crippen molar-refractivity contribution in [2.75, 3.05) is 18.2 Å². The molecule has 0 spiro atoms. The Morgan fingerprint density at radius 2 is 2.12 bits per heavy atom. The Hall–Kier alpha value is -2.83. The first-order valence-corrected chi connectivity index (χ1v) is 13.4. The standard InChI is InChI=1S/C25H29N5O2S2/c1-4-16-8-11-19-20(14-26)24(34-21(19)12-16)27-23(31)15-33-25-29-28-22(30(25)5-2)13-17-6-9-18(32-3)10-7-17/h6-7,9-10,16H,4-5,8,11-13,15H2,1-3H3,(H,27,31). The van der Waals surface area contributed by atoms with Gasteiger partial charge in [-0.2, -0.15) is 5.26 Å². The fraction of sp³-hybridized carbons (Fsp3) is 0.440. The molecule has 0 bridgehead atoms. The number of fused-ring (bicyclic) bond motifs is 1. The largest absolute Gasteiger partial charge is 0.497 e. The molecular formula is C25H29N5O2S2. The van der Waals surface area contributed by atoms with Gasteiger partial charge in [-0.3, -0.25) is 4.79 Å². The molecule has 1 N–H and O–H groups in total. The van der Waals surface area contributed by atoms with Gasteiger partial charge in [0.1, 0.15) is 22.6 Å². The second kappa shape index (κ2) is 11.1. The summed E-state index contributed by atoms with van der Waals surface area (Å²) in [6.07, 6.45) is 4.85. The number of nitrogens with zero attached hydrogens (tertiary/aromatic N) is 4. The lowest BCUT2D eigenvalue weighted by Gasteiger charge is -2.20. The van der Waals surface area contributed by atoms with Crippen LogP contribution in [0.5, 0.6) is 5.75 Å². The van der Waals surface area contributed by atoms with Gasteiger partial charge >= 0.3 is 0 Å². The van der Waals surface area contributed by atoms with Gasteiger partial charge in [-0.1, -0.05) is 37.2 Å². The van der Waals surface area contributed by atoms with Crippen LogP contribution in [-0.4, -0.2) is 33.5 Å². The van der Waals surface area contributed by atoms with Gasteiger partial charge in [0.15, 0.2) is 5.16 Å². The molecular weight excluding hydrogens is 466 g/mol. The highest BCUT2D eigenvalue weighted by atomic mass is 32.2. The van der Waals surface area contributed by atoms with E-state index in [1.54, 1.807) is 18.4 Å². The quantitative estimate of drug-likeness (QED) is 0.416. The number of hydrogen-bond donors (Lipinski definition) is 1. The van der Waals surface area contributed by atoms with Crippen molar-refractivity contribution in [2.24, 2.45) is 5.92 Å². The van der Waals surface area contributed by atoms with Crippen LogP contribution in [0.3, 0.4) is 0 Å². The summed E-state index contributed by atoms with van der Waals surface area (Å²) in [5.41, 5.74) is 2.90. The van der Waals surface area contributed by atoms with E-state index < -0.39 is 0 Å². The van der Waals surface area contributed by atoms with Crippen molar-refractivity contribution >= 4 is 34.0 Å². The molecule has 1 aliphatic rings. The molecule has 1 unspecified atom stereocenters. The minimum atomic E-state index is -0.130. The van der Waals surface area contributed by atoms with Crippen LogP contribution in [0.2, 0.25) is 0 Å². The molecule has 7 nitrogen and oxygen atoms in total. The van der Waals surface area contributed by atoms with Crippen molar-refractivity contribution in [3.8, 4) is 11.8 Å². The number of hydrogen-bond acceptors (Lipinski definition) is 7. The molecule has 1 aliphatic carbocycles. The SMILES string of the molecule is CCC1CCc2c(sc(NC(=O)CSc3nnc(Cc4ccc(OC)cc4)n3CC)c2C#N)C1. The number of carbonyl (C=O) groups excluding carboxylic acids is 1. The Morgan fingerprint density at radius 1 is 1.32 bits per heavy atom. The monoisotopic (exact) mass is 495 g/mol. The number of thiophene rings is 1. The average molecular weight is 496 g/mol. The topological polar surface area (TPSA) is 92.8 Å². The normalized spacial score (nSPS) is 14.9. The molecule has 178 valence electrons. The van der Waals surface area contributed by atoms with Crippen LogP contribution in [0.15, 0.2) is 29.4 Å². The molecule has 2 heterocycles. The van der Waals surface area contributed by atoms with Crippen LogP contribution in [-0.2, 0) is 30.6 Å². The average Bonchev–Trinajstić information content (AvgIpc) is 3.41. The Bertz CT molecular complexity index is 1190. The van der Waals surface area contributed by atoms with Crippen molar-refractivity contribution in [3.05, 3.63) is 51.7 Å². The number of amides is 1. The maximum Gasteiger partial charge on any atom is 0.235 e. The van der Waals surface area contributed by atoms with E-state index in [0.29, 0.717) is 22.9 Å². The number of nitrogens with one attached hydrogen (secondary N) is 1. The van der Waals surface area contributed by atoms with Gasteiger partial charge in [-0.15, -0.1) is 21.5 Å². The van der Waals surface area contributed by atoms with Crippen LogP contribution in [0.1, 0.15) is 54.1 Å². The first kappa shape index (κ1) is 24.3.